The average Bonchev–Trinajstić information content (AvgIpc) is 3.35. The molecule has 162 valence electrons. The van der Waals surface area contributed by atoms with E-state index in [2.05, 4.69) is 36.3 Å². The topological polar surface area (TPSA) is 108 Å². The van der Waals surface area contributed by atoms with Gasteiger partial charge in [0, 0.05) is 31.2 Å². The van der Waals surface area contributed by atoms with Gasteiger partial charge < -0.3 is 16.0 Å². The van der Waals surface area contributed by atoms with E-state index in [0.29, 0.717) is 24.5 Å². The Morgan fingerprint density at radius 3 is 2.56 bits per heavy atom. The number of pyridine rings is 1. The van der Waals surface area contributed by atoms with Crippen LogP contribution in [-0.4, -0.2) is 26.4 Å². The highest BCUT2D eigenvalue weighted by atomic mass is 19.1. The minimum absolute atomic E-state index is 0.269. The zero-order valence-corrected chi connectivity index (χ0v) is 17.1. The Morgan fingerprint density at radius 2 is 1.81 bits per heavy atom. The third-order valence-corrected chi connectivity index (χ3v) is 4.83. The van der Waals surface area contributed by atoms with E-state index >= 15 is 0 Å². The first-order valence-electron chi connectivity index (χ1n) is 10.0. The Kier molecular flexibility index (Phi) is 6.78. The fourth-order valence-corrected chi connectivity index (χ4v) is 3.24. The summed E-state index contributed by atoms with van der Waals surface area (Å²) in [5.41, 5.74) is 4.17. The van der Waals surface area contributed by atoms with Crippen LogP contribution in [-0.2, 0) is 13.1 Å². The number of carbonyl (C=O) groups excluding carboxylic acids is 1. The second-order valence-electron chi connectivity index (χ2n) is 7.12. The first-order chi connectivity index (χ1) is 15.7. The third-order valence-electron chi connectivity index (χ3n) is 4.83. The number of benzene rings is 2. The standard InChI is InChI=1S/C23H22FN7O/c24-19-6-4-18(5-7-19)22(21-15-28-31-30-21)26-14-17-2-1-3-20(12-17)29-23(32)27-13-16-8-10-25-11-9-16/h1-12,15,22,26H,13-14H2,(H2,27,29,32)(H,28,30,31). The highest BCUT2D eigenvalue weighted by molar-refractivity contribution is 5.89. The van der Waals surface area contributed by atoms with Gasteiger partial charge in [0.2, 0.25) is 0 Å². The van der Waals surface area contributed by atoms with Crippen LogP contribution in [0.25, 0.3) is 0 Å². The van der Waals surface area contributed by atoms with Crippen molar-refractivity contribution in [1.82, 2.24) is 31.0 Å². The smallest absolute Gasteiger partial charge is 0.319 e. The van der Waals surface area contributed by atoms with E-state index in [-0.39, 0.29) is 17.9 Å². The molecule has 8 nitrogen and oxygen atoms in total. The van der Waals surface area contributed by atoms with E-state index < -0.39 is 0 Å². The summed E-state index contributed by atoms with van der Waals surface area (Å²) in [5, 5.41) is 19.7. The van der Waals surface area contributed by atoms with Crippen molar-refractivity contribution in [2.24, 2.45) is 0 Å². The second-order valence-corrected chi connectivity index (χ2v) is 7.12. The summed E-state index contributed by atoms with van der Waals surface area (Å²) in [5.74, 6) is -0.298. The van der Waals surface area contributed by atoms with Gasteiger partial charge >= 0.3 is 6.03 Å². The summed E-state index contributed by atoms with van der Waals surface area (Å²) in [6.45, 7) is 0.912. The Labute approximate surface area is 184 Å². The van der Waals surface area contributed by atoms with Crippen LogP contribution < -0.4 is 16.0 Å². The van der Waals surface area contributed by atoms with E-state index in [0.717, 1.165) is 16.7 Å². The molecule has 0 aliphatic rings. The lowest BCUT2D eigenvalue weighted by atomic mass is 10.0. The van der Waals surface area contributed by atoms with Crippen LogP contribution in [0.2, 0.25) is 0 Å². The minimum atomic E-state index is -0.298. The number of anilines is 1. The molecule has 0 aliphatic carbocycles. The zero-order chi connectivity index (χ0) is 22.2. The van der Waals surface area contributed by atoms with Crippen LogP contribution in [0, 0.1) is 5.82 Å². The first-order valence-corrected chi connectivity index (χ1v) is 10.0. The maximum absolute atomic E-state index is 13.3. The maximum Gasteiger partial charge on any atom is 0.319 e. The largest absolute Gasteiger partial charge is 0.334 e. The normalized spacial score (nSPS) is 11.7. The number of H-pyrrole nitrogens is 1. The van der Waals surface area contributed by atoms with Gasteiger partial charge in [-0.15, -0.1) is 0 Å². The molecule has 2 aromatic carbocycles. The second kappa shape index (κ2) is 10.3. The van der Waals surface area contributed by atoms with Crippen LogP contribution in [0.3, 0.4) is 0 Å². The summed E-state index contributed by atoms with van der Waals surface area (Å²) < 4.78 is 13.3. The fourth-order valence-electron chi connectivity index (χ4n) is 3.24. The van der Waals surface area contributed by atoms with Gasteiger partial charge in [0.15, 0.2) is 0 Å². The van der Waals surface area contributed by atoms with Crippen LogP contribution in [0.4, 0.5) is 14.9 Å². The lowest BCUT2D eigenvalue weighted by molar-refractivity contribution is 0.251. The molecule has 1 atom stereocenters. The number of halogens is 1. The van der Waals surface area contributed by atoms with Gasteiger partial charge in [-0.1, -0.05) is 24.3 Å². The molecule has 2 aromatic heterocycles. The molecular formula is C23H22FN7O. The first kappa shape index (κ1) is 21.1. The number of rotatable bonds is 8. The number of aromatic amines is 1. The van der Waals surface area contributed by atoms with Crippen molar-refractivity contribution in [3.8, 4) is 0 Å². The summed E-state index contributed by atoms with van der Waals surface area (Å²) in [6, 6.07) is 16.9. The maximum atomic E-state index is 13.3. The van der Waals surface area contributed by atoms with Crippen LogP contribution in [0.15, 0.2) is 79.3 Å². The molecule has 0 spiro atoms. The Hall–Kier alpha value is -4.11. The number of amides is 2. The predicted octanol–water partition coefficient (Wildman–Crippen LogP) is 3.54. The molecule has 0 bridgehead atoms. The number of carbonyl (C=O) groups is 1. The predicted molar refractivity (Wildman–Crippen MR) is 118 cm³/mol. The van der Waals surface area contributed by atoms with Crippen molar-refractivity contribution in [2.45, 2.75) is 19.1 Å². The van der Waals surface area contributed by atoms with Crippen molar-refractivity contribution >= 4 is 11.7 Å². The molecular weight excluding hydrogens is 409 g/mol. The van der Waals surface area contributed by atoms with Crippen molar-refractivity contribution in [1.29, 1.82) is 0 Å². The lowest BCUT2D eigenvalue weighted by Crippen LogP contribution is -2.28. The van der Waals surface area contributed by atoms with Crippen LogP contribution in [0.5, 0.6) is 0 Å². The molecule has 4 aromatic rings. The van der Waals surface area contributed by atoms with Gasteiger partial charge in [-0.05, 0) is 53.1 Å². The highest BCUT2D eigenvalue weighted by Gasteiger charge is 2.16. The monoisotopic (exact) mass is 431 g/mol. The molecule has 4 N–H and O–H groups in total. The molecule has 0 radical (unpaired) electrons. The van der Waals surface area contributed by atoms with Crippen molar-refractivity contribution in [3.05, 3.63) is 107 Å². The van der Waals surface area contributed by atoms with Gasteiger partial charge in [-0.25, -0.2) is 9.18 Å². The van der Waals surface area contributed by atoms with Crippen LogP contribution >= 0.6 is 0 Å². The van der Waals surface area contributed by atoms with Gasteiger partial charge in [0.1, 0.15) is 11.5 Å². The fraction of sp³-hybridized carbons (Fsp3) is 0.130. The number of hydrogen-bond acceptors (Lipinski definition) is 5. The number of hydrogen-bond donors (Lipinski definition) is 4. The van der Waals surface area contributed by atoms with E-state index in [1.54, 1.807) is 30.7 Å². The van der Waals surface area contributed by atoms with Crippen LogP contribution in [0.1, 0.15) is 28.4 Å². The van der Waals surface area contributed by atoms with E-state index in [1.807, 2.05) is 36.4 Å². The third kappa shape index (κ3) is 5.73. The molecule has 2 amide bonds. The summed E-state index contributed by atoms with van der Waals surface area (Å²) in [4.78, 5) is 16.2. The van der Waals surface area contributed by atoms with E-state index in [4.69, 9.17) is 0 Å². The molecule has 0 saturated carbocycles. The zero-order valence-electron chi connectivity index (χ0n) is 17.1. The summed E-state index contributed by atoms with van der Waals surface area (Å²) in [6.07, 6.45) is 5.00. The van der Waals surface area contributed by atoms with E-state index in [9.17, 15) is 9.18 Å². The van der Waals surface area contributed by atoms with Crippen molar-refractivity contribution in [2.75, 3.05) is 5.32 Å². The molecule has 4 rings (SSSR count). The number of nitrogens with zero attached hydrogens (tertiary/aromatic N) is 3. The molecule has 32 heavy (non-hydrogen) atoms. The molecule has 2 heterocycles. The molecule has 0 fully saturated rings. The number of nitrogens with one attached hydrogen (secondary N) is 4. The van der Waals surface area contributed by atoms with Gasteiger partial charge in [0.05, 0.1) is 12.2 Å². The Bertz CT molecular complexity index is 1130. The molecule has 0 aliphatic heterocycles. The van der Waals surface area contributed by atoms with Crippen molar-refractivity contribution < 1.29 is 9.18 Å². The lowest BCUT2D eigenvalue weighted by Gasteiger charge is -2.17. The highest BCUT2D eigenvalue weighted by Crippen LogP contribution is 2.21. The molecule has 1 unspecified atom stereocenters. The van der Waals surface area contributed by atoms with E-state index in [1.165, 1.54) is 12.1 Å². The Morgan fingerprint density at radius 1 is 1.00 bits per heavy atom. The van der Waals surface area contributed by atoms with Gasteiger partial charge in [0.25, 0.3) is 0 Å². The van der Waals surface area contributed by atoms with Gasteiger partial charge in [-0.3, -0.25) is 4.98 Å². The number of urea groups is 1. The molecule has 9 heteroatoms. The average molecular weight is 431 g/mol. The summed E-state index contributed by atoms with van der Waals surface area (Å²) in [7, 11) is 0. The SMILES string of the molecule is O=C(NCc1ccncc1)Nc1cccc(CNC(c2ccc(F)cc2)c2cn[nH]n2)c1. The Balaban J connectivity index is 1.38. The quantitative estimate of drug-likeness (QED) is 0.341. The number of aromatic nitrogens is 4. The summed E-state index contributed by atoms with van der Waals surface area (Å²) >= 11 is 0. The minimum Gasteiger partial charge on any atom is -0.334 e. The molecule has 0 saturated heterocycles. The van der Waals surface area contributed by atoms with Gasteiger partial charge in [-0.2, -0.15) is 15.4 Å². The van der Waals surface area contributed by atoms with Crippen molar-refractivity contribution in [3.63, 3.8) is 0 Å².